The molecule has 0 radical (unpaired) electrons. The summed E-state index contributed by atoms with van der Waals surface area (Å²) >= 11 is 2.81. The van der Waals surface area contributed by atoms with Crippen LogP contribution >= 0.6 is 23.1 Å². The molecule has 1 fully saturated rings. The third kappa shape index (κ3) is 4.82. The highest BCUT2D eigenvalue weighted by molar-refractivity contribution is 8.00. The number of benzene rings is 1. The molecular weight excluding hydrogens is 469 g/mol. The van der Waals surface area contributed by atoms with Gasteiger partial charge in [0.15, 0.2) is 9.84 Å². The van der Waals surface area contributed by atoms with Crippen molar-refractivity contribution < 1.29 is 17.6 Å². The normalized spacial score (nSPS) is 18.7. The summed E-state index contributed by atoms with van der Waals surface area (Å²) in [5.74, 6) is -0.0650. The summed E-state index contributed by atoms with van der Waals surface area (Å²) in [6, 6.07) is 5.95. The van der Waals surface area contributed by atoms with Gasteiger partial charge in [-0.3, -0.25) is 4.79 Å². The first-order chi connectivity index (χ1) is 15.3. The van der Waals surface area contributed by atoms with E-state index in [0.29, 0.717) is 11.4 Å². The molecule has 4 rings (SSSR count). The van der Waals surface area contributed by atoms with Crippen molar-refractivity contribution in [3.63, 3.8) is 0 Å². The van der Waals surface area contributed by atoms with E-state index in [4.69, 9.17) is 0 Å². The molecule has 0 N–H and O–H groups in total. The van der Waals surface area contributed by atoms with Crippen molar-refractivity contribution in [2.24, 2.45) is 0 Å². The van der Waals surface area contributed by atoms with Gasteiger partial charge in [0.25, 0.3) is 0 Å². The van der Waals surface area contributed by atoms with Crippen LogP contribution in [0.5, 0.6) is 0 Å². The summed E-state index contributed by atoms with van der Waals surface area (Å²) in [5, 5.41) is 3.50. The third-order valence-electron chi connectivity index (χ3n) is 5.78. The fourth-order valence-electron chi connectivity index (χ4n) is 4.00. The number of nitrogens with zero attached hydrogens (tertiary/aromatic N) is 3. The van der Waals surface area contributed by atoms with Gasteiger partial charge in [0.05, 0.1) is 22.6 Å². The van der Waals surface area contributed by atoms with Crippen molar-refractivity contribution in [3.05, 3.63) is 41.8 Å². The number of thioether (sulfide) groups is 1. The first-order valence-corrected chi connectivity index (χ1v) is 14.1. The van der Waals surface area contributed by atoms with Gasteiger partial charge in [-0.2, -0.15) is 0 Å². The second-order valence-corrected chi connectivity index (χ2v) is 12.0. The lowest BCUT2D eigenvalue weighted by Gasteiger charge is -2.33. The van der Waals surface area contributed by atoms with Crippen LogP contribution in [0.3, 0.4) is 0 Å². The fourth-order valence-corrected chi connectivity index (χ4v) is 7.58. The molecule has 3 heterocycles. The minimum atomic E-state index is -3.09. The summed E-state index contributed by atoms with van der Waals surface area (Å²) in [5.41, 5.74) is 1.76. The Kier molecular flexibility index (Phi) is 6.83. The zero-order valence-electron chi connectivity index (χ0n) is 17.8. The molecule has 6 nitrogen and oxygen atoms in total. The Morgan fingerprint density at radius 1 is 1.31 bits per heavy atom. The molecule has 32 heavy (non-hydrogen) atoms. The predicted molar refractivity (Wildman–Crippen MR) is 127 cm³/mol. The van der Waals surface area contributed by atoms with Crippen molar-refractivity contribution in [3.8, 4) is 11.1 Å². The number of amides is 1. The van der Waals surface area contributed by atoms with E-state index < -0.39 is 9.84 Å². The Labute approximate surface area is 195 Å². The van der Waals surface area contributed by atoms with E-state index in [9.17, 15) is 17.6 Å². The van der Waals surface area contributed by atoms with Crippen LogP contribution < -0.4 is 0 Å². The van der Waals surface area contributed by atoms with E-state index in [2.05, 4.69) is 9.97 Å². The molecule has 0 unspecified atom stereocenters. The molecule has 0 spiro atoms. The van der Waals surface area contributed by atoms with Crippen LogP contribution in [0.4, 0.5) is 4.39 Å². The van der Waals surface area contributed by atoms with Gasteiger partial charge in [0, 0.05) is 23.0 Å². The van der Waals surface area contributed by atoms with Crippen molar-refractivity contribution in [2.45, 2.75) is 43.8 Å². The van der Waals surface area contributed by atoms with E-state index in [0.717, 1.165) is 27.8 Å². The van der Waals surface area contributed by atoms with Crippen molar-refractivity contribution in [2.75, 3.05) is 17.3 Å². The monoisotopic (exact) mass is 493 g/mol. The number of carbonyl (C=O) groups is 1. The van der Waals surface area contributed by atoms with E-state index in [1.807, 2.05) is 19.2 Å². The molecule has 2 aromatic heterocycles. The zero-order valence-corrected chi connectivity index (χ0v) is 20.3. The van der Waals surface area contributed by atoms with Crippen LogP contribution in [0.1, 0.15) is 26.7 Å². The number of hydrogen-bond acceptors (Lipinski definition) is 7. The lowest BCUT2D eigenvalue weighted by Crippen LogP contribution is -2.47. The molecule has 1 saturated heterocycles. The highest BCUT2D eigenvalue weighted by atomic mass is 32.2. The fraction of sp³-hybridized carbons (Fsp3) is 0.409. The number of aromatic nitrogens is 2. The minimum absolute atomic E-state index is 0.0325. The average molecular weight is 494 g/mol. The van der Waals surface area contributed by atoms with Crippen LogP contribution in [-0.2, 0) is 14.6 Å². The SMILES string of the molecule is CC[C@@H](C)N(C(=O)CSc1ncnc2scc(-c3ccc(F)cc3)c12)[C@@H]1CCS(=O)(=O)C1. The molecule has 1 aliphatic rings. The maximum absolute atomic E-state index is 13.4. The summed E-state index contributed by atoms with van der Waals surface area (Å²) in [6.07, 6.45) is 2.72. The molecule has 0 aliphatic carbocycles. The van der Waals surface area contributed by atoms with Gasteiger partial charge < -0.3 is 4.90 Å². The lowest BCUT2D eigenvalue weighted by molar-refractivity contribution is -0.132. The largest absolute Gasteiger partial charge is 0.335 e. The van der Waals surface area contributed by atoms with Crippen molar-refractivity contribution in [1.29, 1.82) is 0 Å². The van der Waals surface area contributed by atoms with Crippen LogP contribution in [0, 0.1) is 5.82 Å². The van der Waals surface area contributed by atoms with Gasteiger partial charge in [-0.05, 0) is 37.5 Å². The van der Waals surface area contributed by atoms with E-state index in [1.165, 1.54) is 41.6 Å². The Hall–Kier alpha value is -2.04. The Morgan fingerprint density at radius 3 is 2.72 bits per heavy atom. The summed E-state index contributed by atoms with van der Waals surface area (Å²) in [6.45, 7) is 3.96. The number of carbonyl (C=O) groups excluding carboxylic acids is 1. The number of fused-ring (bicyclic) bond motifs is 1. The van der Waals surface area contributed by atoms with Crippen molar-refractivity contribution in [1.82, 2.24) is 14.9 Å². The predicted octanol–water partition coefficient (Wildman–Crippen LogP) is 4.40. The molecule has 10 heteroatoms. The number of rotatable bonds is 7. The molecule has 0 saturated carbocycles. The second kappa shape index (κ2) is 9.44. The molecular formula is C22H24FN3O3S3. The first kappa shape index (κ1) is 23.1. The van der Waals surface area contributed by atoms with Gasteiger partial charge in [-0.25, -0.2) is 22.8 Å². The molecule has 1 amide bonds. The number of thiophene rings is 1. The van der Waals surface area contributed by atoms with Crippen LogP contribution in [0.25, 0.3) is 21.3 Å². The van der Waals surface area contributed by atoms with Gasteiger partial charge in [-0.1, -0.05) is 30.8 Å². The van der Waals surface area contributed by atoms with Crippen LogP contribution in [0.2, 0.25) is 0 Å². The van der Waals surface area contributed by atoms with Gasteiger partial charge in [-0.15, -0.1) is 11.3 Å². The number of halogens is 1. The van der Waals surface area contributed by atoms with E-state index >= 15 is 0 Å². The molecule has 170 valence electrons. The quantitative estimate of drug-likeness (QED) is 0.358. The Morgan fingerprint density at radius 2 is 2.06 bits per heavy atom. The lowest BCUT2D eigenvalue weighted by atomic mass is 10.1. The summed E-state index contributed by atoms with van der Waals surface area (Å²) in [4.78, 5) is 24.5. The van der Waals surface area contributed by atoms with Crippen LogP contribution in [0.15, 0.2) is 41.0 Å². The van der Waals surface area contributed by atoms with Gasteiger partial charge in [0.2, 0.25) is 5.91 Å². The summed E-state index contributed by atoms with van der Waals surface area (Å²) < 4.78 is 37.3. The first-order valence-electron chi connectivity index (χ1n) is 10.4. The zero-order chi connectivity index (χ0) is 22.9. The Balaban J connectivity index is 1.58. The maximum Gasteiger partial charge on any atom is 0.233 e. The number of hydrogen-bond donors (Lipinski definition) is 0. The standard InChI is InChI=1S/C22H24FN3O3S3/c1-3-14(2)26(17-8-9-32(28,29)12-17)19(27)11-31-22-20-18(10-30-21(20)24-13-25-22)15-4-6-16(23)7-5-15/h4-7,10,13-14,17H,3,8-9,11-12H2,1-2H3/t14-,17-/m1/s1. The molecule has 1 aliphatic heterocycles. The minimum Gasteiger partial charge on any atom is -0.335 e. The smallest absolute Gasteiger partial charge is 0.233 e. The van der Waals surface area contributed by atoms with Gasteiger partial charge >= 0.3 is 0 Å². The van der Waals surface area contributed by atoms with E-state index in [1.54, 1.807) is 17.0 Å². The summed E-state index contributed by atoms with van der Waals surface area (Å²) in [7, 11) is -3.09. The van der Waals surface area contributed by atoms with Crippen LogP contribution in [-0.4, -0.2) is 58.5 Å². The maximum atomic E-state index is 13.4. The molecule has 3 aromatic rings. The Bertz CT molecular complexity index is 1230. The highest BCUT2D eigenvalue weighted by Gasteiger charge is 2.36. The third-order valence-corrected chi connectivity index (χ3v) is 9.39. The van der Waals surface area contributed by atoms with E-state index in [-0.39, 0.29) is 41.1 Å². The topological polar surface area (TPSA) is 80.2 Å². The van der Waals surface area contributed by atoms with Gasteiger partial charge in [0.1, 0.15) is 22.0 Å². The molecule has 2 atom stereocenters. The molecule has 0 bridgehead atoms. The average Bonchev–Trinajstić information content (AvgIpc) is 3.36. The second-order valence-electron chi connectivity index (χ2n) is 7.92. The molecule has 1 aromatic carbocycles. The number of sulfone groups is 1. The van der Waals surface area contributed by atoms with Crippen molar-refractivity contribution >= 4 is 49.1 Å². The highest BCUT2D eigenvalue weighted by Crippen LogP contribution is 2.38.